The highest BCUT2D eigenvalue weighted by molar-refractivity contribution is 6.33. The number of anilines is 1. The number of ether oxygens (including phenoxy) is 2. The van der Waals surface area contributed by atoms with Gasteiger partial charge in [0.2, 0.25) is 0 Å². The molecule has 0 saturated carbocycles. The van der Waals surface area contributed by atoms with Crippen molar-refractivity contribution in [3.63, 3.8) is 0 Å². The van der Waals surface area contributed by atoms with Crippen LogP contribution in [0.2, 0.25) is 5.02 Å². The van der Waals surface area contributed by atoms with Crippen molar-refractivity contribution in [2.75, 3.05) is 39.1 Å². The largest absolute Gasteiger partial charge is 0.496 e. The molecule has 1 aliphatic heterocycles. The third-order valence-corrected chi connectivity index (χ3v) is 4.92. The molecule has 0 radical (unpaired) electrons. The highest BCUT2D eigenvalue weighted by Crippen LogP contribution is 2.28. The van der Waals surface area contributed by atoms with Gasteiger partial charge in [-0.15, -0.1) is 0 Å². The Balaban J connectivity index is 1.56. The van der Waals surface area contributed by atoms with Gasteiger partial charge >= 0.3 is 0 Å². The van der Waals surface area contributed by atoms with Crippen LogP contribution in [0.5, 0.6) is 5.75 Å². The van der Waals surface area contributed by atoms with Crippen LogP contribution in [-0.4, -0.2) is 50.3 Å². The van der Waals surface area contributed by atoms with E-state index in [1.807, 2.05) is 0 Å². The molecule has 1 fully saturated rings. The molecule has 0 aliphatic carbocycles. The van der Waals surface area contributed by atoms with Crippen molar-refractivity contribution in [1.82, 2.24) is 10.2 Å². The quantitative estimate of drug-likeness (QED) is 0.720. The lowest BCUT2D eigenvalue weighted by Crippen LogP contribution is -2.47. The lowest BCUT2D eigenvalue weighted by Gasteiger charge is -2.33. The second-order valence-corrected chi connectivity index (χ2v) is 7.05. The maximum atomic E-state index is 13.0. The van der Waals surface area contributed by atoms with Gasteiger partial charge in [-0.05, 0) is 23.8 Å². The van der Waals surface area contributed by atoms with E-state index in [2.05, 4.69) is 10.2 Å². The summed E-state index contributed by atoms with van der Waals surface area (Å²) < 4.78 is 24.0. The van der Waals surface area contributed by atoms with Crippen LogP contribution in [0.15, 0.2) is 36.4 Å². The first-order valence-corrected chi connectivity index (χ1v) is 9.33. The van der Waals surface area contributed by atoms with E-state index in [9.17, 15) is 9.18 Å². The average molecular weight is 408 g/mol. The molecule has 2 aromatic rings. The predicted octanol–water partition coefficient (Wildman–Crippen LogP) is 2.70. The zero-order valence-electron chi connectivity index (χ0n) is 15.6. The number of rotatable bonds is 6. The Kier molecular flexibility index (Phi) is 6.72. The maximum absolute atomic E-state index is 13.0. The van der Waals surface area contributed by atoms with Gasteiger partial charge in [0.15, 0.2) is 0 Å². The minimum absolute atomic E-state index is 0.145. The number of nitrogens with two attached hydrogens (primary N) is 1. The lowest BCUT2D eigenvalue weighted by atomic mass is 10.1. The molecule has 1 heterocycles. The third kappa shape index (κ3) is 5.13. The molecule has 1 aliphatic rings. The summed E-state index contributed by atoms with van der Waals surface area (Å²) in [7, 11) is 1.47. The van der Waals surface area contributed by atoms with Gasteiger partial charge in [0.05, 0.1) is 36.1 Å². The molecule has 3 N–H and O–H groups in total. The van der Waals surface area contributed by atoms with Gasteiger partial charge in [-0.1, -0.05) is 23.7 Å². The van der Waals surface area contributed by atoms with Crippen molar-refractivity contribution >= 4 is 23.2 Å². The number of nitrogens with one attached hydrogen (secondary N) is 1. The molecule has 1 unspecified atom stereocenters. The Morgan fingerprint density at radius 2 is 2.14 bits per heavy atom. The van der Waals surface area contributed by atoms with Gasteiger partial charge in [0, 0.05) is 32.2 Å². The number of morpholine rings is 1. The molecule has 3 rings (SSSR count). The first kappa shape index (κ1) is 20.4. The predicted molar refractivity (Wildman–Crippen MR) is 106 cm³/mol. The number of nitrogen functional groups attached to an aromatic ring is 1. The molecule has 0 spiro atoms. The third-order valence-electron chi connectivity index (χ3n) is 4.60. The molecule has 28 heavy (non-hydrogen) atoms. The number of carbonyl (C=O) groups is 1. The average Bonchev–Trinajstić information content (AvgIpc) is 2.70. The Morgan fingerprint density at radius 3 is 2.86 bits per heavy atom. The van der Waals surface area contributed by atoms with E-state index in [4.69, 9.17) is 26.8 Å². The minimum atomic E-state index is -0.307. The Hall–Kier alpha value is -2.35. The van der Waals surface area contributed by atoms with Crippen molar-refractivity contribution < 1.29 is 18.7 Å². The number of nitrogens with zero attached hydrogens (tertiary/aromatic N) is 1. The number of amides is 1. The second kappa shape index (κ2) is 9.23. The molecule has 0 bridgehead atoms. The minimum Gasteiger partial charge on any atom is -0.496 e. The summed E-state index contributed by atoms with van der Waals surface area (Å²) in [4.78, 5) is 14.8. The lowest BCUT2D eigenvalue weighted by molar-refractivity contribution is -0.0292. The van der Waals surface area contributed by atoms with Crippen molar-refractivity contribution in [3.8, 4) is 5.75 Å². The van der Waals surface area contributed by atoms with E-state index in [1.165, 1.54) is 31.4 Å². The standard InChI is InChI=1S/C20H23ClFN3O3/c1-27-19-9-18(23)17(21)8-16(19)20(26)24-10-15-12-25(6-7-28-15)11-13-2-4-14(22)5-3-13/h2-5,8-9,15H,6-7,10-12,23H2,1H3,(H,24,26). The monoisotopic (exact) mass is 407 g/mol. The molecule has 1 atom stereocenters. The molecule has 2 aromatic carbocycles. The van der Waals surface area contributed by atoms with Gasteiger partial charge in [-0.2, -0.15) is 0 Å². The van der Waals surface area contributed by atoms with Crippen LogP contribution in [0.4, 0.5) is 10.1 Å². The summed E-state index contributed by atoms with van der Waals surface area (Å²) in [5, 5.41) is 3.16. The Morgan fingerprint density at radius 1 is 1.39 bits per heavy atom. The zero-order valence-corrected chi connectivity index (χ0v) is 16.3. The van der Waals surface area contributed by atoms with Crippen LogP contribution >= 0.6 is 11.6 Å². The van der Waals surface area contributed by atoms with Gasteiger partial charge in [0.25, 0.3) is 5.91 Å². The fraction of sp³-hybridized carbons (Fsp3) is 0.350. The zero-order chi connectivity index (χ0) is 20.1. The highest BCUT2D eigenvalue weighted by Gasteiger charge is 2.22. The van der Waals surface area contributed by atoms with Crippen LogP contribution in [0, 0.1) is 5.82 Å². The molecule has 1 amide bonds. The normalized spacial score (nSPS) is 17.3. The molecule has 150 valence electrons. The molecular weight excluding hydrogens is 385 g/mol. The van der Waals surface area contributed by atoms with Crippen molar-refractivity contribution in [2.24, 2.45) is 0 Å². The van der Waals surface area contributed by atoms with E-state index in [0.29, 0.717) is 48.3 Å². The molecule has 6 nitrogen and oxygen atoms in total. The van der Waals surface area contributed by atoms with E-state index in [0.717, 1.165) is 12.1 Å². The number of hydrogen-bond donors (Lipinski definition) is 2. The highest BCUT2D eigenvalue weighted by atomic mass is 35.5. The summed E-state index contributed by atoms with van der Waals surface area (Å²) in [5.41, 5.74) is 7.46. The number of halogens is 2. The van der Waals surface area contributed by atoms with Crippen LogP contribution in [0.3, 0.4) is 0 Å². The van der Waals surface area contributed by atoms with Crippen molar-refractivity contribution in [3.05, 3.63) is 58.4 Å². The Labute approximate surface area is 168 Å². The summed E-state index contributed by atoms with van der Waals surface area (Å²) in [6.07, 6.45) is -0.145. The SMILES string of the molecule is COc1cc(N)c(Cl)cc1C(=O)NCC1CN(Cc2ccc(F)cc2)CCO1. The van der Waals surface area contributed by atoms with Crippen LogP contribution in [0.1, 0.15) is 15.9 Å². The van der Waals surface area contributed by atoms with E-state index in [1.54, 1.807) is 12.1 Å². The number of carbonyl (C=O) groups excluding carboxylic acids is 1. The van der Waals surface area contributed by atoms with Crippen molar-refractivity contribution in [2.45, 2.75) is 12.6 Å². The van der Waals surface area contributed by atoms with Crippen molar-refractivity contribution in [1.29, 1.82) is 0 Å². The smallest absolute Gasteiger partial charge is 0.255 e. The van der Waals surface area contributed by atoms with E-state index in [-0.39, 0.29) is 17.8 Å². The molecular formula is C20H23ClFN3O3. The van der Waals surface area contributed by atoms with Gasteiger partial charge in [-0.25, -0.2) is 4.39 Å². The van der Waals surface area contributed by atoms with Crippen LogP contribution in [-0.2, 0) is 11.3 Å². The molecule has 0 aromatic heterocycles. The van der Waals surface area contributed by atoms with E-state index >= 15 is 0 Å². The number of methoxy groups -OCH3 is 1. The number of hydrogen-bond acceptors (Lipinski definition) is 5. The Bertz CT molecular complexity index is 832. The summed E-state index contributed by atoms with van der Waals surface area (Å²) in [6.45, 7) is 3.07. The molecule has 8 heteroatoms. The molecule has 1 saturated heterocycles. The topological polar surface area (TPSA) is 76.8 Å². The van der Waals surface area contributed by atoms with Crippen LogP contribution < -0.4 is 15.8 Å². The van der Waals surface area contributed by atoms with E-state index < -0.39 is 0 Å². The summed E-state index contributed by atoms with van der Waals surface area (Å²) in [5.74, 6) is -0.190. The second-order valence-electron chi connectivity index (χ2n) is 6.64. The first-order valence-electron chi connectivity index (χ1n) is 8.96. The van der Waals surface area contributed by atoms with Gasteiger partial charge < -0.3 is 20.5 Å². The summed E-state index contributed by atoms with van der Waals surface area (Å²) >= 11 is 6.03. The van der Waals surface area contributed by atoms with Crippen LogP contribution in [0.25, 0.3) is 0 Å². The number of benzene rings is 2. The summed E-state index contributed by atoms with van der Waals surface area (Å²) in [6, 6.07) is 9.49. The van der Waals surface area contributed by atoms with Gasteiger partial charge in [0.1, 0.15) is 11.6 Å². The first-order chi connectivity index (χ1) is 13.5. The van der Waals surface area contributed by atoms with Gasteiger partial charge in [-0.3, -0.25) is 9.69 Å². The fourth-order valence-corrected chi connectivity index (χ4v) is 3.28. The fourth-order valence-electron chi connectivity index (χ4n) is 3.11. The maximum Gasteiger partial charge on any atom is 0.255 e.